The van der Waals surface area contributed by atoms with Crippen molar-refractivity contribution >= 4 is 0 Å². The summed E-state index contributed by atoms with van der Waals surface area (Å²) in [6.07, 6.45) is 2.56. The average Bonchev–Trinajstić information content (AvgIpc) is 2.69. The first kappa shape index (κ1) is 8.74. The van der Waals surface area contributed by atoms with E-state index in [1.807, 2.05) is 19.1 Å². The molecule has 14 heavy (non-hydrogen) atoms. The van der Waals surface area contributed by atoms with E-state index in [0.717, 1.165) is 17.8 Å². The van der Waals surface area contributed by atoms with E-state index < -0.39 is 0 Å². The fourth-order valence-electron chi connectivity index (χ4n) is 1.29. The van der Waals surface area contributed by atoms with Crippen molar-refractivity contribution in [1.29, 1.82) is 0 Å². The van der Waals surface area contributed by atoms with Crippen LogP contribution >= 0.6 is 0 Å². The van der Waals surface area contributed by atoms with Crippen LogP contribution in [0.4, 0.5) is 0 Å². The van der Waals surface area contributed by atoms with E-state index in [1.165, 1.54) is 6.07 Å². The second kappa shape index (κ2) is 3.49. The number of rotatable bonds is 2. The van der Waals surface area contributed by atoms with Gasteiger partial charge in [-0.3, -0.25) is 4.79 Å². The number of hydrogen-bond donors (Lipinski definition) is 2. The summed E-state index contributed by atoms with van der Waals surface area (Å²) >= 11 is 0. The molecule has 2 aromatic rings. The molecule has 0 aliphatic rings. The number of hydrogen-bond acceptors (Lipinski definition) is 2. The molecule has 2 rings (SSSR count). The molecule has 0 bridgehead atoms. The summed E-state index contributed by atoms with van der Waals surface area (Å²) in [5, 5.41) is 0. The zero-order chi connectivity index (χ0) is 9.97. The zero-order valence-electron chi connectivity index (χ0n) is 7.87. The van der Waals surface area contributed by atoms with Crippen LogP contribution in [0.5, 0.6) is 0 Å². The SMILES string of the molecule is CCc1cc(=O)[nH]c(-c2ccc[nH]2)n1. The quantitative estimate of drug-likeness (QED) is 0.748. The van der Waals surface area contributed by atoms with Gasteiger partial charge in [0.15, 0.2) is 5.82 Å². The van der Waals surface area contributed by atoms with E-state index in [9.17, 15) is 4.79 Å². The average molecular weight is 189 g/mol. The molecule has 0 saturated heterocycles. The molecule has 0 aliphatic heterocycles. The molecule has 72 valence electrons. The number of aromatic nitrogens is 3. The number of nitrogens with one attached hydrogen (secondary N) is 2. The molecule has 4 nitrogen and oxygen atoms in total. The lowest BCUT2D eigenvalue weighted by Gasteiger charge is -1.99. The molecule has 4 heteroatoms. The molecule has 0 radical (unpaired) electrons. The normalized spacial score (nSPS) is 10.4. The number of nitrogens with zero attached hydrogens (tertiary/aromatic N) is 1. The van der Waals surface area contributed by atoms with Crippen molar-refractivity contribution in [3.8, 4) is 11.5 Å². The first-order chi connectivity index (χ1) is 6.79. The van der Waals surface area contributed by atoms with Crippen LogP contribution in [0, 0.1) is 0 Å². The van der Waals surface area contributed by atoms with Crippen molar-refractivity contribution in [1.82, 2.24) is 15.0 Å². The van der Waals surface area contributed by atoms with Crippen LogP contribution in [0.3, 0.4) is 0 Å². The van der Waals surface area contributed by atoms with Gasteiger partial charge in [-0.05, 0) is 18.6 Å². The zero-order valence-corrected chi connectivity index (χ0v) is 7.87. The predicted molar refractivity (Wildman–Crippen MR) is 54.0 cm³/mol. The van der Waals surface area contributed by atoms with Crippen molar-refractivity contribution in [3.05, 3.63) is 40.4 Å². The topological polar surface area (TPSA) is 61.5 Å². The molecule has 0 atom stereocenters. The van der Waals surface area contributed by atoms with Crippen LogP contribution in [0.1, 0.15) is 12.6 Å². The van der Waals surface area contributed by atoms with Gasteiger partial charge >= 0.3 is 0 Å². The van der Waals surface area contributed by atoms with Gasteiger partial charge in [0, 0.05) is 18.0 Å². The summed E-state index contributed by atoms with van der Waals surface area (Å²) in [6.45, 7) is 1.97. The summed E-state index contributed by atoms with van der Waals surface area (Å²) < 4.78 is 0. The Kier molecular flexibility index (Phi) is 2.18. The van der Waals surface area contributed by atoms with E-state index in [-0.39, 0.29) is 5.56 Å². The summed E-state index contributed by atoms with van der Waals surface area (Å²) in [5.41, 5.74) is 1.53. The molecule has 0 saturated carbocycles. The van der Waals surface area contributed by atoms with Gasteiger partial charge in [-0.1, -0.05) is 6.92 Å². The monoisotopic (exact) mass is 189 g/mol. The summed E-state index contributed by atoms with van der Waals surface area (Å²) in [4.78, 5) is 21.2. The number of aromatic amines is 2. The van der Waals surface area contributed by atoms with Gasteiger partial charge in [-0.15, -0.1) is 0 Å². The van der Waals surface area contributed by atoms with Crippen LogP contribution in [0.25, 0.3) is 11.5 Å². The highest BCUT2D eigenvalue weighted by Gasteiger charge is 2.02. The fourth-order valence-corrected chi connectivity index (χ4v) is 1.29. The van der Waals surface area contributed by atoms with E-state index in [0.29, 0.717) is 5.82 Å². The minimum Gasteiger partial charge on any atom is -0.359 e. The Morgan fingerprint density at radius 2 is 2.36 bits per heavy atom. The molecule has 0 aliphatic carbocycles. The Morgan fingerprint density at radius 3 is 3.00 bits per heavy atom. The van der Waals surface area contributed by atoms with Crippen LogP contribution in [-0.4, -0.2) is 15.0 Å². The summed E-state index contributed by atoms with van der Waals surface area (Å²) in [6, 6.07) is 5.26. The molecular formula is C10H11N3O. The van der Waals surface area contributed by atoms with Crippen molar-refractivity contribution in [2.45, 2.75) is 13.3 Å². The molecule has 0 spiro atoms. The van der Waals surface area contributed by atoms with Crippen molar-refractivity contribution in [2.75, 3.05) is 0 Å². The fraction of sp³-hybridized carbons (Fsp3) is 0.200. The maximum absolute atomic E-state index is 11.3. The van der Waals surface area contributed by atoms with Gasteiger partial charge < -0.3 is 9.97 Å². The molecule has 0 fully saturated rings. The van der Waals surface area contributed by atoms with Crippen LogP contribution < -0.4 is 5.56 Å². The van der Waals surface area contributed by atoms with Gasteiger partial charge in [0.2, 0.25) is 0 Å². The number of H-pyrrole nitrogens is 2. The van der Waals surface area contributed by atoms with E-state index in [1.54, 1.807) is 6.20 Å². The third-order valence-electron chi connectivity index (χ3n) is 2.01. The largest absolute Gasteiger partial charge is 0.359 e. The van der Waals surface area contributed by atoms with Crippen LogP contribution in [0.2, 0.25) is 0 Å². The highest BCUT2D eigenvalue weighted by atomic mass is 16.1. The van der Waals surface area contributed by atoms with E-state index in [2.05, 4.69) is 15.0 Å². The molecule has 0 unspecified atom stereocenters. The van der Waals surface area contributed by atoms with Crippen molar-refractivity contribution in [2.24, 2.45) is 0 Å². The Bertz CT molecular complexity index is 470. The van der Waals surface area contributed by atoms with Gasteiger partial charge in [0.25, 0.3) is 5.56 Å². The Labute approximate surface area is 81.0 Å². The van der Waals surface area contributed by atoms with Crippen LogP contribution in [-0.2, 0) is 6.42 Å². The maximum Gasteiger partial charge on any atom is 0.251 e. The molecule has 2 heterocycles. The highest BCUT2D eigenvalue weighted by Crippen LogP contribution is 2.09. The Morgan fingerprint density at radius 1 is 1.50 bits per heavy atom. The van der Waals surface area contributed by atoms with Crippen molar-refractivity contribution in [3.63, 3.8) is 0 Å². The highest BCUT2D eigenvalue weighted by molar-refractivity contribution is 5.48. The van der Waals surface area contributed by atoms with E-state index in [4.69, 9.17) is 0 Å². The predicted octanol–water partition coefficient (Wildman–Crippen LogP) is 1.33. The Hall–Kier alpha value is -1.84. The minimum atomic E-state index is -0.110. The third-order valence-corrected chi connectivity index (χ3v) is 2.01. The van der Waals surface area contributed by atoms with E-state index >= 15 is 0 Å². The first-order valence-electron chi connectivity index (χ1n) is 4.53. The standard InChI is InChI=1S/C10H11N3O/c1-2-7-6-9(14)13-10(12-7)8-4-3-5-11-8/h3-6,11H,2H2,1H3,(H,12,13,14). The van der Waals surface area contributed by atoms with Crippen molar-refractivity contribution < 1.29 is 0 Å². The molecular weight excluding hydrogens is 178 g/mol. The molecule has 2 aromatic heterocycles. The van der Waals surface area contributed by atoms with Gasteiger partial charge in [0.1, 0.15) is 0 Å². The second-order valence-corrected chi connectivity index (χ2v) is 3.02. The van der Waals surface area contributed by atoms with Gasteiger partial charge in [-0.25, -0.2) is 4.98 Å². The molecule has 2 N–H and O–H groups in total. The summed E-state index contributed by atoms with van der Waals surface area (Å²) in [7, 11) is 0. The summed E-state index contributed by atoms with van der Waals surface area (Å²) in [5.74, 6) is 0.597. The maximum atomic E-state index is 11.3. The molecule has 0 aromatic carbocycles. The lowest BCUT2D eigenvalue weighted by atomic mass is 10.3. The number of aryl methyl sites for hydroxylation is 1. The van der Waals surface area contributed by atoms with Crippen LogP contribution in [0.15, 0.2) is 29.2 Å². The molecule has 0 amide bonds. The smallest absolute Gasteiger partial charge is 0.251 e. The lowest BCUT2D eigenvalue weighted by Crippen LogP contribution is -2.09. The lowest BCUT2D eigenvalue weighted by molar-refractivity contribution is 0.982. The Balaban J connectivity index is 2.54. The second-order valence-electron chi connectivity index (χ2n) is 3.02. The minimum absolute atomic E-state index is 0.110. The van der Waals surface area contributed by atoms with Gasteiger partial charge in [0.05, 0.1) is 5.69 Å². The first-order valence-corrected chi connectivity index (χ1v) is 4.53. The van der Waals surface area contributed by atoms with Gasteiger partial charge in [-0.2, -0.15) is 0 Å². The third kappa shape index (κ3) is 1.59.